The highest BCUT2D eigenvalue weighted by molar-refractivity contribution is 7.89. The third-order valence-electron chi connectivity index (χ3n) is 5.84. The Hall–Kier alpha value is -2.70. The molecule has 1 aliphatic heterocycles. The van der Waals surface area contributed by atoms with E-state index < -0.39 is 10.0 Å². The summed E-state index contributed by atoms with van der Waals surface area (Å²) in [5, 5.41) is 16.3. The monoisotopic (exact) mass is 427 g/mol. The number of hydrogen-bond donors (Lipinski definition) is 1. The maximum absolute atomic E-state index is 12.8. The fraction of sp³-hybridized carbons (Fsp3) is 0.476. The van der Waals surface area contributed by atoms with E-state index in [-0.39, 0.29) is 16.7 Å². The molecule has 9 heteroatoms. The zero-order valence-electron chi connectivity index (χ0n) is 16.9. The summed E-state index contributed by atoms with van der Waals surface area (Å²) in [5.41, 5.74) is 1.35. The SMILES string of the molecule is Cc1cnn(CC2CC2)c1NC(=O)C1CCN(S(=O)(=O)c2ccc(C#N)cc2)CC1. The van der Waals surface area contributed by atoms with Gasteiger partial charge in [0, 0.05) is 31.1 Å². The molecule has 1 N–H and O–H groups in total. The Morgan fingerprint density at radius 3 is 2.47 bits per heavy atom. The molecule has 2 heterocycles. The largest absolute Gasteiger partial charge is 0.310 e. The number of rotatable bonds is 6. The maximum Gasteiger partial charge on any atom is 0.243 e. The molecule has 0 unspecified atom stereocenters. The number of aryl methyl sites for hydroxylation is 1. The number of benzene rings is 1. The molecule has 8 nitrogen and oxygen atoms in total. The lowest BCUT2D eigenvalue weighted by molar-refractivity contribution is -0.121. The van der Waals surface area contributed by atoms with Crippen LogP contribution in [0, 0.1) is 30.1 Å². The van der Waals surface area contributed by atoms with Crippen LogP contribution in [0.4, 0.5) is 5.82 Å². The molecule has 2 fully saturated rings. The minimum absolute atomic E-state index is 0.0777. The average molecular weight is 428 g/mol. The average Bonchev–Trinajstić information content (AvgIpc) is 3.52. The lowest BCUT2D eigenvalue weighted by atomic mass is 9.97. The lowest BCUT2D eigenvalue weighted by Crippen LogP contribution is -2.41. The van der Waals surface area contributed by atoms with Gasteiger partial charge in [0.15, 0.2) is 0 Å². The minimum Gasteiger partial charge on any atom is -0.310 e. The zero-order chi connectivity index (χ0) is 21.3. The molecular formula is C21H25N5O3S. The van der Waals surface area contributed by atoms with Gasteiger partial charge in [0.05, 0.1) is 22.7 Å². The van der Waals surface area contributed by atoms with Gasteiger partial charge in [-0.3, -0.25) is 4.79 Å². The standard InChI is InChI=1S/C21H25N5O3S/c1-15-13-23-26(14-17-2-3-17)20(15)24-21(27)18-8-10-25(11-9-18)30(28,29)19-6-4-16(12-22)5-7-19/h4-7,13,17-18H,2-3,8-11,14H2,1H3,(H,24,27). The number of carbonyl (C=O) groups excluding carboxylic acids is 1. The Labute approximate surface area is 176 Å². The maximum atomic E-state index is 12.8. The van der Waals surface area contributed by atoms with Crippen molar-refractivity contribution in [3.8, 4) is 6.07 Å². The van der Waals surface area contributed by atoms with Crippen LogP contribution in [0.1, 0.15) is 36.8 Å². The summed E-state index contributed by atoms with van der Waals surface area (Å²) >= 11 is 0. The van der Waals surface area contributed by atoms with Gasteiger partial charge in [0.1, 0.15) is 5.82 Å². The molecule has 4 rings (SSSR count). The van der Waals surface area contributed by atoms with E-state index in [1.54, 1.807) is 6.20 Å². The fourth-order valence-corrected chi connectivity index (χ4v) is 5.22. The Morgan fingerprint density at radius 1 is 1.20 bits per heavy atom. The van der Waals surface area contributed by atoms with Gasteiger partial charge in [-0.2, -0.15) is 14.7 Å². The predicted octanol–water partition coefficient (Wildman–Crippen LogP) is 2.51. The molecule has 0 atom stereocenters. The number of nitrogens with one attached hydrogen (secondary N) is 1. The number of piperidine rings is 1. The van der Waals surface area contributed by atoms with E-state index in [9.17, 15) is 13.2 Å². The Bertz CT molecular complexity index is 1070. The van der Waals surface area contributed by atoms with E-state index in [2.05, 4.69) is 10.4 Å². The van der Waals surface area contributed by atoms with Crippen LogP contribution in [-0.4, -0.2) is 41.5 Å². The van der Waals surface area contributed by atoms with Gasteiger partial charge in [-0.1, -0.05) is 0 Å². The lowest BCUT2D eigenvalue weighted by Gasteiger charge is -2.30. The summed E-state index contributed by atoms with van der Waals surface area (Å²) in [5.74, 6) is 1.09. The first-order valence-corrected chi connectivity index (χ1v) is 11.7. The molecule has 158 valence electrons. The van der Waals surface area contributed by atoms with E-state index in [4.69, 9.17) is 5.26 Å². The third kappa shape index (κ3) is 4.25. The van der Waals surface area contributed by atoms with Gasteiger partial charge in [0.2, 0.25) is 15.9 Å². The van der Waals surface area contributed by atoms with E-state index in [0.29, 0.717) is 37.4 Å². The van der Waals surface area contributed by atoms with Crippen molar-refractivity contribution in [1.82, 2.24) is 14.1 Å². The number of amides is 1. The van der Waals surface area contributed by atoms with Crippen LogP contribution < -0.4 is 5.32 Å². The highest BCUT2D eigenvalue weighted by Gasteiger charge is 2.33. The number of nitriles is 1. The van der Waals surface area contributed by atoms with Gasteiger partial charge >= 0.3 is 0 Å². The highest BCUT2D eigenvalue weighted by atomic mass is 32.2. The zero-order valence-corrected chi connectivity index (χ0v) is 17.7. The van der Waals surface area contributed by atoms with Crippen LogP contribution >= 0.6 is 0 Å². The molecule has 0 bridgehead atoms. The van der Waals surface area contributed by atoms with E-state index in [1.807, 2.05) is 17.7 Å². The predicted molar refractivity (Wildman–Crippen MR) is 111 cm³/mol. The van der Waals surface area contributed by atoms with E-state index in [1.165, 1.54) is 41.4 Å². The Morgan fingerprint density at radius 2 is 1.87 bits per heavy atom. The quantitative estimate of drug-likeness (QED) is 0.762. The first-order valence-electron chi connectivity index (χ1n) is 10.2. The Balaban J connectivity index is 1.37. The normalized spacial score (nSPS) is 18.1. The van der Waals surface area contributed by atoms with Crippen LogP contribution in [0.5, 0.6) is 0 Å². The summed E-state index contributed by atoms with van der Waals surface area (Å²) in [6, 6.07) is 7.89. The molecular weight excluding hydrogens is 402 g/mol. The molecule has 1 aromatic carbocycles. The number of aromatic nitrogens is 2. The van der Waals surface area contributed by atoms with Crippen molar-refractivity contribution in [3.63, 3.8) is 0 Å². The summed E-state index contributed by atoms with van der Waals surface area (Å²) in [7, 11) is -3.63. The van der Waals surface area contributed by atoms with Crippen LogP contribution in [0.15, 0.2) is 35.4 Å². The molecule has 1 aromatic heterocycles. The number of carbonyl (C=O) groups is 1. The summed E-state index contributed by atoms with van der Waals surface area (Å²) in [4.78, 5) is 13.0. The van der Waals surface area contributed by atoms with Crippen molar-refractivity contribution in [1.29, 1.82) is 5.26 Å². The van der Waals surface area contributed by atoms with Crippen molar-refractivity contribution < 1.29 is 13.2 Å². The van der Waals surface area contributed by atoms with E-state index in [0.717, 1.165) is 17.9 Å². The molecule has 1 saturated heterocycles. The van der Waals surface area contributed by atoms with Crippen LogP contribution in [-0.2, 0) is 21.4 Å². The van der Waals surface area contributed by atoms with Crippen LogP contribution in [0.2, 0.25) is 0 Å². The van der Waals surface area contributed by atoms with Gasteiger partial charge in [-0.15, -0.1) is 0 Å². The second-order valence-corrected chi connectivity index (χ2v) is 10.0. The number of anilines is 1. The van der Waals surface area contributed by atoms with E-state index >= 15 is 0 Å². The van der Waals surface area contributed by atoms with Crippen LogP contribution in [0.3, 0.4) is 0 Å². The van der Waals surface area contributed by atoms with Crippen molar-refractivity contribution >= 4 is 21.7 Å². The smallest absolute Gasteiger partial charge is 0.243 e. The summed E-state index contributed by atoms with van der Waals surface area (Å²) in [6.45, 7) is 3.34. The summed E-state index contributed by atoms with van der Waals surface area (Å²) in [6.07, 6.45) is 5.12. The molecule has 1 aliphatic carbocycles. The number of sulfonamides is 1. The molecule has 2 aliphatic rings. The molecule has 1 amide bonds. The topological polar surface area (TPSA) is 108 Å². The summed E-state index contributed by atoms with van der Waals surface area (Å²) < 4.78 is 29.0. The molecule has 0 radical (unpaired) electrons. The van der Waals surface area contributed by atoms with Crippen molar-refractivity contribution in [2.24, 2.45) is 11.8 Å². The second-order valence-electron chi connectivity index (χ2n) is 8.11. The first kappa shape index (κ1) is 20.6. The minimum atomic E-state index is -3.63. The highest BCUT2D eigenvalue weighted by Crippen LogP contribution is 2.32. The third-order valence-corrected chi connectivity index (χ3v) is 7.75. The van der Waals surface area contributed by atoms with Crippen molar-refractivity contribution in [2.75, 3.05) is 18.4 Å². The number of hydrogen-bond acceptors (Lipinski definition) is 5. The fourth-order valence-electron chi connectivity index (χ4n) is 3.75. The first-order chi connectivity index (χ1) is 14.4. The van der Waals surface area contributed by atoms with Gasteiger partial charge in [0.25, 0.3) is 0 Å². The van der Waals surface area contributed by atoms with Crippen LogP contribution in [0.25, 0.3) is 0 Å². The molecule has 30 heavy (non-hydrogen) atoms. The van der Waals surface area contributed by atoms with Gasteiger partial charge in [-0.05, 0) is 62.8 Å². The van der Waals surface area contributed by atoms with Gasteiger partial charge < -0.3 is 5.32 Å². The number of nitrogens with zero attached hydrogens (tertiary/aromatic N) is 4. The van der Waals surface area contributed by atoms with Gasteiger partial charge in [-0.25, -0.2) is 13.1 Å². The molecule has 2 aromatic rings. The molecule has 1 saturated carbocycles. The molecule has 0 spiro atoms. The van der Waals surface area contributed by atoms with Crippen molar-refractivity contribution in [3.05, 3.63) is 41.6 Å². The van der Waals surface area contributed by atoms with Crippen molar-refractivity contribution in [2.45, 2.75) is 44.0 Å². The Kier molecular flexibility index (Phi) is 5.62. The second kappa shape index (κ2) is 8.20.